The van der Waals surface area contributed by atoms with Gasteiger partial charge in [0.15, 0.2) is 5.58 Å². The number of furan rings is 1. The molecule has 10 aromatic rings. The molecule has 0 unspecified atom stereocenters. The van der Waals surface area contributed by atoms with Gasteiger partial charge in [0.2, 0.25) is 5.95 Å². The van der Waals surface area contributed by atoms with Crippen LogP contribution in [0.5, 0.6) is 0 Å². The van der Waals surface area contributed by atoms with Gasteiger partial charge in [-0.15, -0.1) is 11.3 Å². The van der Waals surface area contributed by atoms with Gasteiger partial charge in [-0.2, -0.15) is 0 Å². The monoisotopic (exact) mass is 567 g/mol. The van der Waals surface area contributed by atoms with Crippen molar-refractivity contribution >= 4 is 86.2 Å². The number of hydrogen-bond donors (Lipinski definition) is 0. The van der Waals surface area contributed by atoms with Crippen molar-refractivity contribution in [3.63, 3.8) is 0 Å². The van der Waals surface area contributed by atoms with Crippen molar-refractivity contribution < 1.29 is 4.42 Å². The summed E-state index contributed by atoms with van der Waals surface area (Å²) < 4.78 is 11.4. The summed E-state index contributed by atoms with van der Waals surface area (Å²) in [7, 11) is 0. The molecule has 0 aliphatic heterocycles. The fourth-order valence-corrected chi connectivity index (χ4v) is 8.01. The van der Waals surface area contributed by atoms with Crippen LogP contribution in [0.2, 0.25) is 0 Å². The average Bonchev–Trinajstić information content (AvgIpc) is 3.74. The molecule has 0 saturated heterocycles. The van der Waals surface area contributed by atoms with Gasteiger partial charge in [-0.25, -0.2) is 9.97 Å². The lowest BCUT2D eigenvalue weighted by Gasteiger charge is -2.12. The summed E-state index contributed by atoms with van der Waals surface area (Å²) >= 11 is 1.80. The van der Waals surface area contributed by atoms with Crippen LogP contribution in [-0.2, 0) is 0 Å². The quantitative estimate of drug-likeness (QED) is 0.209. The molecule has 0 spiro atoms. The number of thiophene rings is 1. The maximum absolute atomic E-state index is 6.71. The first-order valence-corrected chi connectivity index (χ1v) is 15.2. The first kappa shape index (κ1) is 23.1. The van der Waals surface area contributed by atoms with Gasteiger partial charge in [0.05, 0.1) is 32.3 Å². The Labute approximate surface area is 249 Å². The third kappa shape index (κ3) is 3.09. The molecule has 0 bridgehead atoms. The Kier molecular flexibility index (Phi) is 4.57. The summed E-state index contributed by atoms with van der Waals surface area (Å²) in [6.45, 7) is 0. The molecule has 0 aliphatic rings. The molecule has 0 saturated carbocycles. The van der Waals surface area contributed by atoms with Crippen LogP contribution in [0, 0.1) is 0 Å². The summed E-state index contributed by atoms with van der Waals surface area (Å²) in [5.74, 6) is 0.647. The van der Waals surface area contributed by atoms with Crippen LogP contribution in [0.1, 0.15) is 0 Å². The largest absolute Gasteiger partial charge is 0.454 e. The van der Waals surface area contributed by atoms with Crippen molar-refractivity contribution in [2.24, 2.45) is 0 Å². The summed E-state index contributed by atoms with van der Waals surface area (Å²) in [4.78, 5) is 10.6. The van der Waals surface area contributed by atoms with Gasteiger partial charge in [0.1, 0.15) is 5.58 Å². The zero-order valence-corrected chi connectivity index (χ0v) is 23.6. The standard InChI is InChI=1S/C38H21N3OS/c1-2-12-22(13-3-1)34-23-14-4-8-18-27(23)39-38(40-34)41-28-19-9-5-15-24(28)31-32-26-17-7-11-21-30(26)43-37(32)36-33(35(31)41)25-16-6-10-20-29(25)42-36/h1-21H. The molecule has 0 fully saturated rings. The topological polar surface area (TPSA) is 43.9 Å². The van der Waals surface area contributed by atoms with E-state index in [0.717, 1.165) is 55.1 Å². The second-order valence-electron chi connectivity index (χ2n) is 10.9. The summed E-state index contributed by atoms with van der Waals surface area (Å²) in [6, 6.07) is 44.4. The van der Waals surface area contributed by atoms with E-state index >= 15 is 0 Å². The molecule has 0 amide bonds. The smallest absolute Gasteiger partial charge is 0.235 e. The van der Waals surface area contributed by atoms with E-state index in [1.165, 1.54) is 30.9 Å². The van der Waals surface area contributed by atoms with Crippen molar-refractivity contribution in [1.29, 1.82) is 0 Å². The summed E-state index contributed by atoms with van der Waals surface area (Å²) in [6.07, 6.45) is 0. The predicted molar refractivity (Wildman–Crippen MR) is 179 cm³/mol. The molecular formula is C38H21N3OS. The van der Waals surface area contributed by atoms with E-state index in [4.69, 9.17) is 14.4 Å². The molecular weight excluding hydrogens is 547 g/mol. The molecule has 4 aromatic heterocycles. The highest BCUT2D eigenvalue weighted by molar-refractivity contribution is 7.27. The van der Waals surface area contributed by atoms with Crippen molar-refractivity contribution in [3.05, 3.63) is 127 Å². The van der Waals surface area contributed by atoms with Gasteiger partial charge < -0.3 is 4.42 Å². The molecule has 0 radical (unpaired) electrons. The van der Waals surface area contributed by atoms with E-state index in [9.17, 15) is 0 Å². The minimum Gasteiger partial charge on any atom is -0.454 e. The first-order valence-electron chi connectivity index (χ1n) is 14.4. The highest BCUT2D eigenvalue weighted by atomic mass is 32.1. The van der Waals surface area contributed by atoms with E-state index < -0.39 is 0 Å². The minimum absolute atomic E-state index is 0.647. The molecule has 0 N–H and O–H groups in total. The van der Waals surface area contributed by atoms with Crippen molar-refractivity contribution in [2.75, 3.05) is 0 Å². The number of fused-ring (bicyclic) bond motifs is 13. The van der Waals surface area contributed by atoms with Gasteiger partial charge in [0.25, 0.3) is 0 Å². The Hall–Kier alpha value is -5.52. The molecule has 4 nitrogen and oxygen atoms in total. The van der Waals surface area contributed by atoms with E-state index in [2.05, 4.69) is 114 Å². The van der Waals surface area contributed by atoms with Crippen LogP contribution in [-0.4, -0.2) is 14.5 Å². The third-order valence-corrected chi connectivity index (χ3v) is 9.77. The molecule has 0 atom stereocenters. The highest BCUT2D eigenvalue weighted by Gasteiger charge is 2.26. The molecule has 5 heteroatoms. The zero-order valence-electron chi connectivity index (χ0n) is 22.8. The van der Waals surface area contributed by atoms with Crippen LogP contribution >= 0.6 is 11.3 Å². The second-order valence-corrected chi connectivity index (χ2v) is 12.0. The van der Waals surface area contributed by atoms with Crippen molar-refractivity contribution in [2.45, 2.75) is 0 Å². The summed E-state index contributed by atoms with van der Waals surface area (Å²) in [5, 5.41) is 8.07. The number of aromatic nitrogens is 3. The number of nitrogens with zero attached hydrogens (tertiary/aromatic N) is 3. The van der Waals surface area contributed by atoms with Gasteiger partial charge in [-0.3, -0.25) is 4.57 Å². The molecule has 0 aliphatic carbocycles. The maximum Gasteiger partial charge on any atom is 0.235 e. The normalized spacial score (nSPS) is 12.2. The first-order chi connectivity index (χ1) is 21.3. The number of rotatable bonds is 2. The molecule has 43 heavy (non-hydrogen) atoms. The van der Waals surface area contributed by atoms with Gasteiger partial charge >= 0.3 is 0 Å². The Morgan fingerprint density at radius 3 is 2.14 bits per heavy atom. The summed E-state index contributed by atoms with van der Waals surface area (Å²) in [5.41, 5.74) is 6.83. The van der Waals surface area contributed by atoms with Crippen LogP contribution in [0.4, 0.5) is 0 Å². The Morgan fingerprint density at radius 1 is 0.558 bits per heavy atom. The molecule has 200 valence electrons. The van der Waals surface area contributed by atoms with Crippen LogP contribution in [0.3, 0.4) is 0 Å². The number of para-hydroxylation sites is 3. The Balaban J connectivity index is 1.49. The van der Waals surface area contributed by atoms with Gasteiger partial charge in [-0.1, -0.05) is 103 Å². The third-order valence-electron chi connectivity index (χ3n) is 8.60. The van der Waals surface area contributed by atoms with E-state index in [1.54, 1.807) is 11.3 Å². The molecule has 4 heterocycles. The molecule has 6 aromatic carbocycles. The fourth-order valence-electron chi connectivity index (χ4n) is 6.81. The number of benzene rings is 6. The van der Waals surface area contributed by atoms with E-state index in [-0.39, 0.29) is 0 Å². The van der Waals surface area contributed by atoms with Crippen molar-refractivity contribution in [3.8, 4) is 17.2 Å². The van der Waals surface area contributed by atoms with Crippen LogP contribution in [0.25, 0.3) is 92.0 Å². The Bertz CT molecular complexity index is 2730. The van der Waals surface area contributed by atoms with Crippen LogP contribution in [0.15, 0.2) is 132 Å². The van der Waals surface area contributed by atoms with Crippen molar-refractivity contribution in [1.82, 2.24) is 14.5 Å². The van der Waals surface area contributed by atoms with Crippen LogP contribution < -0.4 is 0 Å². The molecule has 10 rings (SSSR count). The predicted octanol–water partition coefficient (Wildman–Crippen LogP) is 10.7. The zero-order chi connectivity index (χ0) is 28.1. The Morgan fingerprint density at radius 2 is 1.26 bits per heavy atom. The van der Waals surface area contributed by atoms with Gasteiger partial charge in [-0.05, 0) is 24.3 Å². The van der Waals surface area contributed by atoms with E-state index in [1.807, 2.05) is 18.2 Å². The fraction of sp³-hybridized carbons (Fsp3) is 0. The maximum atomic E-state index is 6.71. The lowest BCUT2D eigenvalue weighted by molar-refractivity contribution is 0.673. The average molecular weight is 568 g/mol. The lowest BCUT2D eigenvalue weighted by atomic mass is 10.0. The second kappa shape index (κ2) is 8.51. The minimum atomic E-state index is 0.647. The highest BCUT2D eigenvalue weighted by Crippen LogP contribution is 2.50. The van der Waals surface area contributed by atoms with Gasteiger partial charge in [0, 0.05) is 42.6 Å². The SMILES string of the molecule is c1ccc(-c2nc(-n3c4ccccc4c4c5c6ccccc6sc5c5oc6ccccc6c5c43)nc3ccccc23)cc1. The lowest BCUT2D eigenvalue weighted by Crippen LogP contribution is -2.03. The number of hydrogen-bond acceptors (Lipinski definition) is 4. The van der Waals surface area contributed by atoms with E-state index in [0.29, 0.717) is 5.95 Å².